The first-order valence-electron chi connectivity index (χ1n) is 10.9. The molecule has 0 aliphatic carbocycles. The highest BCUT2D eigenvalue weighted by Crippen LogP contribution is 2.13. The van der Waals surface area contributed by atoms with Crippen LogP contribution >= 0.6 is 0 Å². The van der Waals surface area contributed by atoms with Crippen LogP contribution in [-0.2, 0) is 14.2 Å². The van der Waals surface area contributed by atoms with Crippen molar-refractivity contribution in [3.8, 4) is 0 Å². The van der Waals surface area contributed by atoms with Crippen molar-refractivity contribution in [2.24, 2.45) is 0 Å². The van der Waals surface area contributed by atoms with Crippen molar-refractivity contribution in [2.45, 2.75) is 12.2 Å². The number of amides is 1. The maximum Gasteiger partial charge on any atom is 0.254 e. The molecule has 2 aliphatic rings. The summed E-state index contributed by atoms with van der Waals surface area (Å²) in [6, 6.07) is 5.71. The zero-order chi connectivity index (χ0) is 22.1. The topological polar surface area (TPSA) is 74.7 Å². The Morgan fingerprint density at radius 2 is 2.00 bits per heavy atom. The van der Waals surface area contributed by atoms with Crippen LogP contribution in [0.15, 0.2) is 24.3 Å². The van der Waals surface area contributed by atoms with Gasteiger partial charge in [-0.05, 0) is 18.2 Å². The molecular formula is C22H34FN3O5. The van der Waals surface area contributed by atoms with Gasteiger partial charge in [0.1, 0.15) is 5.82 Å². The van der Waals surface area contributed by atoms with Crippen LogP contribution in [-0.4, -0.2) is 124 Å². The maximum atomic E-state index is 13.6. The highest BCUT2D eigenvalue weighted by atomic mass is 19.1. The molecule has 2 aliphatic heterocycles. The van der Waals surface area contributed by atoms with E-state index in [-0.39, 0.29) is 12.0 Å². The second-order valence-corrected chi connectivity index (χ2v) is 8.07. The lowest BCUT2D eigenvalue weighted by Gasteiger charge is -2.37. The van der Waals surface area contributed by atoms with E-state index in [4.69, 9.17) is 14.2 Å². The molecule has 1 N–H and O–H groups in total. The monoisotopic (exact) mass is 439 g/mol. The number of rotatable bonds is 10. The number of methoxy groups -OCH3 is 1. The lowest BCUT2D eigenvalue weighted by molar-refractivity contribution is -0.0564. The van der Waals surface area contributed by atoms with Crippen LogP contribution in [0.5, 0.6) is 0 Å². The van der Waals surface area contributed by atoms with Gasteiger partial charge in [-0.2, -0.15) is 0 Å². The summed E-state index contributed by atoms with van der Waals surface area (Å²) in [4.78, 5) is 19.0. The van der Waals surface area contributed by atoms with Crippen LogP contribution in [0.2, 0.25) is 0 Å². The van der Waals surface area contributed by atoms with Gasteiger partial charge < -0.3 is 24.2 Å². The first-order chi connectivity index (χ1) is 15.0. The van der Waals surface area contributed by atoms with Crippen molar-refractivity contribution < 1.29 is 28.5 Å². The first-order valence-corrected chi connectivity index (χ1v) is 10.9. The zero-order valence-electron chi connectivity index (χ0n) is 18.2. The number of benzene rings is 1. The first kappa shape index (κ1) is 24.0. The van der Waals surface area contributed by atoms with Crippen LogP contribution in [0.4, 0.5) is 4.39 Å². The van der Waals surface area contributed by atoms with Crippen molar-refractivity contribution in [2.75, 3.05) is 85.9 Å². The Morgan fingerprint density at radius 3 is 2.74 bits per heavy atom. The Labute approximate surface area is 183 Å². The van der Waals surface area contributed by atoms with E-state index in [9.17, 15) is 14.3 Å². The third-order valence-electron chi connectivity index (χ3n) is 5.61. The molecule has 0 unspecified atom stereocenters. The molecule has 0 bridgehead atoms. The molecule has 9 heteroatoms. The molecule has 0 radical (unpaired) electrons. The number of nitrogens with zero attached hydrogens (tertiary/aromatic N) is 3. The molecule has 2 atom stereocenters. The molecule has 0 saturated carbocycles. The fourth-order valence-corrected chi connectivity index (χ4v) is 4.02. The quantitative estimate of drug-likeness (QED) is 0.562. The van der Waals surface area contributed by atoms with Crippen LogP contribution in [0, 0.1) is 5.82 Å². The minimum absolute atomic E-state index is 0.182. The van der Waals surface area contributed by atoms with Crippen LogP contribution < -0.4 is 0 Å². The molecule has 0 spiro atoms. The summed E-state index contributed by atoms with van der Waals surface area (Å²) < 4.78 is 30.0. The van der Waals surface area contributed by atoms with Gasteiger partial charge in [0.25, 0.3) is 5.91 Å². The smallest absolute Gasteiger partial charge is 0.254 e. The molecule has 2 saturated heterocycles. The van der Waals surface area contributed by atoms with E-state index in [1.165, 1.54) is 18.2 Å². The summed E-state index contributed by atoms with van der Waals surface area (Å²) in [6.07, 6.45) is -0.630. The van der Waals surface area contributed by atoms with Crippen LogP contribution in [0.25, 0.3) is 0 Å². The Bertz CT molecular complexity index is 689. The van der Waals surface area contributed by atoms with Crippen molar-refractivity contribution in [3.63, 3.8) is 0 Å². The highest BCUT2D eigenvalue weighted by Gasteiger charge is 2.27. The summed E-state index contributed by atoms with van der Waals surface area (Å²) >= 11 is 0. The van der Waals surface area contributed by atoms with E-state index >= 15 is 0 Å². The van der Waals surface area contributed by atoms with Crippen molar-refractivity contribution in [1.82, 2.24) is 14.7 Å². The lowest BCUT2D eigenvalue weighted by Crippen LogP contribution is -2.52. The predicted molar refractivity (Wildman–Crippen MR) is 114 cm³/mol. The number of β-amino-alcohol motifs (C(OH)–C–C–N with tert-alkyl or cyclic N) is 1. The fourth-order valence-electron chi connectivity index (χ4n) is 4.02. The van der Waals surface area contributed by atoms with Crippen LogP contribution in [0.3, 0.4) is 0 Å². The maximum absolute atomic E-state index is 13.6. The second-order valence-electron chi connectivity index (χ2n) is 8.07. The van der Waals surface area contributed by atoms with Gasteiger partial charge in [0.2, 0.25) is 0 Å². The van der Waals surface area contributed by atoms with Gasteiger partial charge in [0, 0.05) is 65.0 Å². The van der Waals surface area contributed by atoms with Gasteiger partial charge in [0.15, 0.2) is 0 Å². The van der Waals surface area contributed by atoms with Gasteiger partial charge >= 0.3 is 0 Å². The fraction of sp³-hybridized carbons (Fsp3) is 0.682. The Kier molecular flexibility index (Phi) is 9.63. The largest absolute Gasteiger partial charge is 0.390 e. The van der Waals surface area contributed by atoms with Gasteiger partial charge in [-0.25, -0.2) is 4.39 Å². The van der Waals surface area contributed by atoms with Gasteiger partial charge in [0.05, 0.1) is 38.6 Å². The molecule has 174 valence electrons. The number of aliphatic hydroxyl groups excluding tert-OH is 1. The van der Waals surface area contributed by atoms with Crippen molar-refractivity contribution in [3.05, 3.63) is 35.6 Å². The molecule has 2 fully saturated rings. The number of hydrogen-bond donors (Lipinski definition) is 1. The van der Waals surface area contributed by atoms with Crippen LogP contribution in [0.1, 0.15) is 10.4 Å². The number of hydrogen-bond acceptors (Lipinski definition) is 7. The third-order valence-corrected chi connectivity index (χ3v) is 5.61. The molecule has 1 amide bonds. The standard InChI is InChI=1S/C22H34FN3O5/c1-29-9-8-26(22(28)18-3-2-4-19(23)13-18)17-21-16-25(7-12-31-21)15-20(27)14-24-5-10-30-11-6-24/h2-4,13,20-21,27H,5-12,14-17H2,1H3/t20-,21+/m1/s1. The molecular weight excluding hydrogens is 405 g/mol. The van der Waals surface area contributed by atoms with E-state index in [0.29, 0.717) is 64.7 Å². The molecule has 1 aromatic carbocycles. The number of morpholine rings is 2. The van der Waals surface area contributed by atoms with Gasteiger partial charge in [-0.3, -0.25) is 14.6 Å². The molecule has 8 nitrogen and oxygen atoms in total. The lowest BCUT2D eigenvalue weighted by atomic mass is 10.1. The summed E-state index contributed by atoms with van der Waals surface area (Å²) in [5.41, 5.74) is 0.310. The average molecular weight is 440 g/mol. The van der Waals surface area contributed by atoms with Gasteiger partial charge in [-0.1, -0.05) is 6.07 Å². The number of carbonyl (C=O) groups is 1. The number of halogens is 1. The van der Waals surface area contributed by atoms with E-state index in [2.05, 4.69) is 9.80 Å². The summed E-state index contributed by atoms with van der Waals surface area (Å²) in [5.74, 6) is -0.684. The van der Waals surface area contributed by atoms with Crippen molar-refractivity contribution >= 4 is 5.91 Å². The normalized spacial score (nSPS) is 21.7. The van der Waals surface area contributed by atoms with E-state index < -0.39 is 11.9 Å². The summed E-state index contributed by atoms with van der Waals surface area (Å²) in [6.45, 7) is 7.38. The molecule has 0 aromatic heterocycles. The van der Waals surface area contributed by atoms with Crippen molar-refractivity contribution in [1.29, 1.82) is 0 Å². The minimum atomic E-state index is -0.449. The predicted octanol–water partition coefficient (Wildman–Crippen LogP) is 0.308. The molecule has 1 aromatic rings. The van der Waals surface area contributed by atoms with E-state index in [1.807, 2.05) is 0 Å². The Morgan fingerprint density at radius 1 is 1.26 bits per heavy atom. The van der Waals surface area contributed by atoms with E-state index in [0.717, 1.165) is 19.6 Å². The number of carbonyl (C=O) groups excluding carboxylic acids is 1. The summed E-state index contributed by atoms with van der Waals surface area (Å²) in [7, 11) is 1.58. The zero-order valence-corrected chi connectivity index (χ0v) is 18.2. The summed E-state index contributed by atoms with van der Waals surface area (Å²) in [5, 5.41) is 10.5. The second kappa shape index (κ2) is 12.4. The molecule has 2 heterocycles. The molecule has 3 rings (SSSR count). The average Bonchev–Trinajstić information content (AvgIpc) is 2.77. The van der Waals surface area contributed by atoms with E-state index in [1.54, 1.807) is 18.1 Å². The number of ether oxygens (including phenoxy) is 3. The van der Waals surface area contributed by atoms with Gasteiger partial charge in [-0.15, -0.1) is 0 Å². The Balaban J connectivity index is 1.53. The minimum Gasteiger partial charge on any atom is -0.390 e. The number of aliphatic hydroxyl groups is 1. The molecule has 31 heavy (non-hydrogen) atoms. The third kappa shape index (κ3) is 7.78. The highest BCUT2D eigenvalue weighted by molar-refractivity contribution is 5.94. The SMILES string of the molecule is COCCN(C[C@@H]1CN(C[C@H](O)CN2CCOCC2)CCO1)C(=O)c1cccc(F)c1. The Hall–Kier alpha value is -1.62.